The van der Waals surface area contributed by atoms with Crippen molar-refractivity contribution in [3.05, 3.63) is 35.9 Å². The molecule has 1 aromatic rings. The number of hydrogen-bond acceptors (Lipinski definition) is 2. The number of carbonyl (C=O) groups is 1. The molecule has 3 heteroatoms. The van der Waals surface area contributed by atoms with Crippen LogP contribution in [-0.4, -0.2) is 10.5 Å². The fraction of sp³-hybridized carbons (Fsp3) is 0.222. The molecule has 1 unspecified atom stereocenters. The van der Waals surface area contributed by atoms with Crippen LogP contribution >= 0.6 is 24.2 Å². The second-order valence-corrected chi connectivity index (χ2v) is 3.88. The van der Waals surface area contributed by atoms with Crippen LogP contribution in [0.4, 0.5) is 0 Å². The van der Waals surface area contributed by atoms with Gasteiger partial charge in [-0.2, -0.15) is 12.6 Å². The zero-order valence-corrected chi connectivity index (χ0v) is 8.05. The molecule has 1 atom stereocenters. The number of halogens is 1. The molecule has 0 saturated carbocycles. The van der Waals surface area contributed by atoms with E-state index in [0.717, 1.165) is 0 Å². The van der Waals surface area contributed by atoms with Gasteiger partial charge in [-0.05, 0) is 0 Å². The lowest BCUT2D eigenvalue weighted by molar-refractivity contribution is 0.0987. The minimum atomic E-state index is -0.391. The Morgan fingerprint density at radius 2 is 2.00 bits per heavy atom. The molecule has 0 aliphatic carbocycles. The molecule has 0 aliphatic rings. The largest absolute Gasteiger partial charge is 0.294 e. The molecule has 0 aromatic heterocycles. The summed E-state index contributed by atoms with van der Waals surface area (Å²) in [5, 5.41) is 0. The summed E-state index contributed by atoms with van der Waals surface area (Å²) in [6, 6.07) is 9.07. The standard InChI is InChI=1S/C9H9ClOS/c10-9(12)6-8(11)7-4-2-1-3-5-7/h1-5,9,12H,6H2. The average molecular weight is 201 g/mol. The molecule has 0 amide bonds. The van der Waals surface area contributed by atoms with Crippen molar-refractivity contribution in [3.63, 3.8) is 0 Å². The third-order valence-corrected chi connectivity index (χ3v) is 1.79. The first-order valence-corrected chi connectivity index (χ1v) is 4.56. The van der Waals surface area contributed by atoms with Gasteiger partial charge in [0.25, 0.3) is 0 Å². The molecule has 0 bridgehead atoms. The summed E-state index contributed by atoms with van der Waals surface area (Å²) in [4.78, 5) is 11.3. The quantitative estimate of drug-likeness (QED) is 0.451. The highest BCUT2D eigenvalue weighted by molar-refractivity contribution is 7.82. The Labute approximate surface area is 82.1 Å². The van der Waals surface area contributed by atoms with Crippen LogP contribution < -0.4 is 0 Å². The summed E-state index contributed by atoms with van der Waals surface area (Å²) in [5.74, 6) is 0.0330. The first kappa shape index (κ1) is 9.62. The van der Waals surface area contributed by atoms with Crippen molar-refractivity contribution < 1.29 is 4.79 Å². The van der Waals surface area contributed by atoms with E-state index in [1.54, 1.807) is 12.1 Å². The Hall–Kier alpha value is -0.470. The molecule has 1 rings (SSSR count). The number of benzene rings is 1. The second-order valence-electron chi connectivity index (χ2n) is 2.43. The van der Waals surface area contributed by atoms with Crippen LogP contribution in [0.2, 0.25) is 0 Å². The maximum Gasteiger partial charge on any atom is 0.165 e. The summed E-state index contributed by atoms with van der Waals surface area (Å²) in [7, 11) is 0. The van der Waals surface area contributed by atoms with Crippen molar-refractivity contribution in [2.24, 2.45) is 0 Å². The zero-order chi connectivity index (χ0) is 8.97. The number of ketones is 1. The number of carbonyl (C=O) groups excluding carboxylic acids is 1. The average Bonchev–Trinajstić information content (AvgIpc) is 2.05. The maximum atomic E-state index is 11.3. The molecule has 0 heterocycles. The van der Waals surface area contributed by atoms with Gasteiger partial charge >= 0.3 is 0 Å². The smallest absolute Gasteiger partial charge is 0.165 e. The Balaban J connectivity index is 2.66. The Morgan fingerprint density at radius 3 is 2.50 bits per heavy atom. The van der Waals surface area contributed by atoms with Crippen molar-refractivity contribution in [2.75, 3.05) is 0 Å². The normalized spacial score (nSPS) is 12.5. The SMILES string of the molecule is O=C(CC(S)Cl)c1ccccc1. The van der Waals surface area contributed by atoms with Crippen LogP contribution in [-0.2, 0) is 0 Å². The lowest BCUT2D eigenvalue weighted by Gasteiger charge is -2.00. The minimum Gasteiger partial charge on any atom is -0.294 e. The van der Waals surface area contributed by atoms with Crippen LogP contribution in [0.3, 0.4) is 0 Å². The Morgan fingerprint density at radius 1 is 1.42 bits per heavy atom. The lowest BCUT2D eigenvalue weighted by Crippen LogP contribution is -2.03. The van der Waals surface area contributed by atoms with Gasteiger partial charge in [-0.1, -0.05) is 30.3 Å². The van der Waals surface area contributed by atoms with Gasteiger partial charge in [-0.15, -0.1) is 11.6 Å². The number of Topliss-reactive ketones (excluding diaryl/α,β-unsaturated/α-hetero) is 1. The Kier molecular flexibility index (Phi) is 3.63. The minimum absolute atomic E-state index is 0.0330. The van der Waals surface area contributed by atoms with Gasteiger partial charge in [0.15, 0.2) is 5.78 Å². The van der Waals surface area contributed by atoms with E-state index in [0.29, 0.717) is 5.56 Å². The molecule has 64 valence electrons. The third kappa shape index (κ3) is 2.88. The molecule has 1 nitrogen and oxygen atoms in total. The van der Waals surface area contributed by atoms with Gasteiger partial charge in [-0.3, -0.25) is 4.79 Å². The molecule has 0 radical (unpaired) electrons. The maximum absolute atomic E-state index is 11.3. The number of alkyl halides is 1. The molecular formula is C9H9ClOS. The summed E-state index contributed by atoms with van der Waals surface area (Å²) in [6.07, 6.45) is 0.272. The third-order valence-electron chi connectivity index (χ3n) is 1.45. The van der Waals surface area contributed by atoms with Crippen LogP contribution in [0.1, 0.15) is 16.8 Å². The predicted molar refractivity (Wildman–Crippen MR) is 54.0 cm³/mol. The Bertz CT molecular complexity index is 258. The van der Waals surface area contributed by atoms with Crippen molar-refractivity contribution >= 4 is 30.0 Å². The van der Waals surface area contributed by atoms with E-state index >= 15 is 0 Å². The highest BCUT2D eigenvalue weighted by atomic mass is 35.5. The van der Waals surface area contributed by atoms with Gasteiger partial charge < -0.3 is 0 Å². The molecule has 12 heavy (non-hydrogen) atoms. The molecule has 1 aromatic carbocycles. The monoisotopic (exact) mass is 200 g/mol. The second kappa shape index (κ2) is 4.53. The van der Waals surface area contributed by atoms with Gasteiger partial charge in [0, 0.05) is 12.0 Å². The van der Waals surface area contributed by atoms with Gasteiger partial charge in [0.2, 0.25) is 0 Å². The van der Waals surface area contributed by atoms with Crippen molar-refractivity contribution in [1.29, 1.82) is 0 Å². The van der Waals surface area contributed by atoms with Crippen LogP contribution in [0.25, 0.3) is 0 Å². The summed E-state index contributed by atoms with van der Waals surface area (Å²) in [6.45, 7) is 0. The fourth-order valence-corrected chi connectivity index (χ4v) is 1.20. The highest BCUT2D eigenvalue weighted by Crippen LogP contribution is 2.11. The first-order chi connectivity index (χ1) is 5.70. The van der Waals surface area contributed by atoms with Gasteiger partial charge in [-0.25, -0.2) is 0 Å². The van der Waals surface area contributed by atoms with E-state index in [4.69, 9.17) is 11.6 Å². The number of hydrogen-bond donors (Lipinski definition) is 1. The zero-order valence-electron chi connectivity index (χ0n) is 6.40. The number of thiol groups is 1. The predicted octanol–water partition coefficient (Wildman–Crippen LogP) is 2.75. The topological polar surface area (TPSA) is 17.1 Å². The molecule has 0 fully saturated rings. The van der Waals surface area contributed by atoms with E-state index in [1.165, 1.54) is 0 Å². The van der Waals surface area contributed by atoms with Gasteiger partial charge in [0.1, 0.15) is 0 Å². The highest BCUT2D eigenvalue weighted by Gasteiger charge is 2.08. The lowest BCUT2D eigenvalue weighted by atomic mass is 10.1. The van der Waals surface area contributed by atoms with Crippen LogP contribution in [0, 0.1) is 0 Å². The molecule has 0 spiro atoms. The number of rotatable bonds is 3. The molecular weight excluding hydrogens is 192 g/mol. The van der Waals surface area contributed by atoms with Crippen molar-refractivity contribution in [3.8, 4) is 0 Å². The van der Waals surface area contributed by atoms with Gasteiger partial charge in [0.05, 0.1) is 4.71 Å². The van der Waals surface area contributed by atoms with E-state index in [9.17, 15) is 4.79 Å². The summed E-state index contributed by atoms with van der Waals surface area (Å²) >= 11 is 9.50. The molecule has 0 aliphatic heterocycles. The van der Waals surface area contributed by atoms with Crippen LogP contribution in [0.15, 0.2) is 30.3 Å². The fourth-order valence-electron chi connectivity index (χ4n) is 0.895. The van der Waals surface area contributed by atoms with E-state index in [2.05, 4.69) is 12.6 Å². The first-order valence-electron chi connectivity index (χ1n) is 3.60. The van der Waals surface area contributed by atoms with E-state index in [-0.39, 0.29) is 12.2 Å². The van der Waals surface area contributed by atoms with E-state index < -0.39 is 4.71 Å². The van der Waals surface area contributed by atoms with Crippen molar-refractivity contribution in [1.82, 2.24) is 0 Å². The summed E-state index contributed by atoms with van der Waals surface area (Å²) < 4.78 is -0.391. The molecule has 0 N–H and O–H groups in total. The molecule has 0 saturated heterocycles. The van der Waals surface area contributed by atoms with Crippen molar-refractivity contribution in [2.45, 2.75) is 11.1 Å². The van der Waals surface area contributed by atoms with E-state index in [1.807, 2.05) is 18.2 Å². The summed E-state index contributed by atoms with van der Waals surface area (Å²) in [5.41, 5.74) is 0.692. The van der Waals surface area contributed by atoms with Crippen LogP contribution in [0.5, 0.6) is 0 Å².